The van der Waals surface area contributed by atoms with E-state index in [1.165, 1.54) is 22.5 Å². The van der Waals surface area contributed by atoms with Gasteiger partial charge in [-0.05, 0) is 96.6 Å². The van der Waals surface area contributed by atoms with Crippen LogP contribution in [0.25, 0.3) is 16.7 Å². The molecule has 63 heavy (non-hydrogen) atoms. The zero-order valence-electron chi connectivity index (χ0n) is 37.2. The van der Waals surface area contributed by atoms with Gasteiger partial charge >= 0.3 is 0 Å². The Balaban J connectivity index is 1.39. The number of nitriles is 1. The van der Waals surface area contributed by atoms with Crippen molar-refractivity contribution < 1.29 is 4.58 Å². The van der Waals surface area contributed by atoms with E-state index in [2.05, 4.69) is 232 Å². The lowest BCUT2D eigenvalue weighted by atomic mass is 9.90. The third-order valence-electron chi connectivity index (χ3n) is 11.4. The van der Waals surface area contributed by atoms with Crippen LogP contribution in [0, 0.1) is 37.0 Å². The van der Waals surface area contributed by atoms with Gasteiger partial charge in [-0.15, -0.1) is 11.3 Å². The molecule has 0 aliphatic heterocycles. The first-order valence-corrected chi connectivity index (χ1v) is 22.8. The Labute approximate surface area is 378 Å². The predicted molar refractivity (Wildman–Crippen MR) is 269 cm³/mol. The SMILES string of the molecule is Cc1ccccc1N(CC(C)C)c1ccc(C(=C2C=CC(=[N+](CC(C)C)c3ccccc3C)C=C2)c2sc(N(c3ccccc3)c3ccccc3)c(C#N)c2-c2ccccc2)cc1. The summed E-state index contributed by atoms with van der Waals surface area (Å²) in [6, 6.07) is 60.3. The maximum absolute atomic E-state index is 11.3. The van der Waals surface area contributed by atoms with Crippen LogP contribution >= 0.6 is 11.3 Å². The second kappa shape index (κ2) is 19.4. The number of nitrogens with zero attached hydrogens (tertiary/aromatic N) is 4. The van der Waals surface area contributed by atoms with Crippen LogP contribution in [-0.4, -0.2) is 23.4 Å². The third-order valence-corrected chi connectivity index (χ3v) is 12.6. The number of benzene rings is 6. The summed E-state index contributed by atoms with van der Waals surface area (Å²) in [4.78, 5) is 5.72. The van der Waals surface area contributed by atoms with Crippen molar-refractivity contribution >= 4 is 56.1 Å². The summed E-state index contributed by atoms with van der Waals surface area (Å²) in [6.45, 7) is 15.3. The van der Waals surface area contributed by atoms with E-state index in [0.717, 1.165) is 73.6 Å². The molecule has 1 aliphatic rings. The molecule has 312 valence electrons. The molecule has 0 amide bonds. The fourth-order valence-electron chi connectivity index (χ4n) is 8.47. The Morgan fingerprint density at radius 1 is 0.603 bits per heavy atom. The number of hydrogen-bond donors (Lipinski definition) is 0. The second-order valence-electron chi connectivity index (χ2n) is 17.0. The number of hydrogen-bond acceptors (Lipinski definition) is 4. The molecular formula is C58H55N4S+. The molecule has 5 heteroatoms. The minimum atomic E-state index is 0.458. The first-order valence-electron chi connectivity index (χ1n) is 22.0. The van der Waals surface area contributed by atoms with Gasteiger partial charge in [0.1, 0.15) is 11.1 Å². The monoisotopic (exact) mass is 839 g/mol. The van der Waals surface area contributed by atoms with Crippen molar-refractivity contribution in [1.29, 1.82) is 5.26 Å². The molecule has 4 nitrogen and oxygen atoms in total. The number of thiophene rings is 1. The Morgan fingerprint density at radius 3 is 1.71 bits per heavy atom. The largest absolute Gasteiger partial charge is 0.341 e. The third kappa shape index (κ3) is 9.28. The van der Waals surface area contributed by atoms with Crippen LogP contribution in [-0.2, 0) is 0 Å². The van der Waals surface area contributed by atoms with Crippen molar-refractivity contribution in [3.63, 3.8) is 0 Å². The van der Waals surface area contributed by atoms with Crippen LogP contribution in [0.15, 0.2) is 194 Å². The fourth-order valence-corrected chi connectivity index (χ4v) is 9.87. The Bertz CT molecular complexity index is 2800. The molecule has 7 aromatic rings. The maximum atomic E-state index is 11.3. The first-order chi connectivity index (χ1) is 30.7. The Hall–Kier alpha value is -7.00. The normalized spacial score (nSPS) is 12.2. The minimum absolute atomic E-state index is 0.458. The second-order valence-corrected chi connectivity index (χ2v) is 18.0. The van der Waals surface area contributed by atoms with Gasteiger partial charge in [0, 0.05) is 75.0 Å². The van der Waals surface area contributed by atoms with Gasteiger partial charge in [0.05, 0.1) is 5.56 Å². The van der Waals surface area contributed by atoms with Crippen LogP contribution in [0.5, 0.6) is 0 Å². The molecule has 1 aromatic heterocycles. The van der Waals surface area contributed by atoms with E-state index < -0.39 is 0 Å². The van der Waals surface area contributed by atoms with Gasteiger partial charge in [-0.3, -0.25) is 0 Å². The van der Waals surface area contributed by atoms with E-state index in [4.69, 9.17) is 0 Å². The lowest BCUT2D eigenvalue weighted by Gasteiger charge is -2.28. The van der Waals surface area contributed by atoms with Crippen molar-refractivity contribution in [2.75, 3.05) is 22.9 Å². The van der Waals surface area contributed by atoms with E-state index in [0.29, 0.717) is 17.4 Å². The summed E-state index contributed by atoms with van der Waals surface area (Å²) in [5, 5.41) is 12.2. The Kier molecular flexibility index (Phi) is 13.1. The minimum Gasteiger partial charge on any atom is -0.341 e. The molecule has 0 spiro atoms. The van der Waals surface area contributed by atoms with Gasteiger partial charge in [0.2, 0.25) is 11.4 Å². The number of para-hydroxylation sites is 4. The fraction of sp³-hybridized carbons (Fsp3) is 0.172. The van der Waals surface area contributed by atoms with Crippen molar-refractivity contribution in [3.05, 3.63) is 221 Å². The van der Waals surface area contributed by atoms with Gasteiger partial charge in [0.25, 0.3) is 0 Å². The molecule has 6 aromatic carbocycles. The van der Waals surface area contributed by atoms with E-state index in [1.807, 2.05) is 18.2 Å². The summed E-state index contributed by atoms with van der Waals surface area (Å²) >= 11 is 1.68. The summed E-state index contributed by atoms with van der Waals surface area (Å²) in [7, 11) is 0. The van der Waals surface area contributed by atoms with Crippen LogP contribution < -0.4 is 9.80 Å². The molecule has 0 saturated heterocycles. The van der Waals surface area contributed by atoms with E-state index in [1.54, 1.807) is 11.3 Å². The highest BCUT2D eigenvalue weighted by Crippen LogP contribution is 2.51. The maximum Gasteiger partial charge on any atom is 0.208 e. The van der Waals surface area contributed by atoms with Gasteiger partial charge in [-0.1, -0.05) is 143 Å². The summed E-state index contributed by atoms with van der Waals surface area (Å²) in [6.07, 6.45) is 9.08. The summed E-state index contributed by atoms with van der Waals surface area (Å²) < 4.78 is 2.44. The van der Waals surface area contributed by atoms with Crippen molar-refractivity contribution in [2.45, 2.75) is 41.5 Å². The highest BCUT2D eigenvalue weighted by Gasteiger charge is 2.30. The van der Waals surface area contributed by atoms with Crippen molar-refractivity contribution in [3.8, 4) is 17.2 Å². The van der Waals surface area contributed by atoms with Crippen LogP contribution in [0.1, 0.15) is 54.8 Å². The molecule has 0 N–H and O–H groups in total. The lowest BCUT2D eigenvalue weighted by Crippen LogP contribution is -2.23. The van der Waals surface area contributed by atoms with Crippen LogP contribution in [0.3, 0.4) is 0 Å². The van der Waals surface area contributed by atoms with E-state index in [-0.39, 0.29) is 0 Å². The molecule has 0 atom stereocenters. The molecule has 0 saturated carbocycles. The van der Waals surface area contributed by atoms with Gasteiger partial charge in [0.15, 0.2) is 6.54 Å². The number of allylic oxidation sites excluding steroid dienone is 5. The van der Waals surface area contributed by atoms with Gasteiger partial charge in [-0.2, -0.15) is 9.84 Å². The summed E-state index contributed by atoms with van der Waals surface area (Å²) in [5.74, 6) is 0.916. The predicted octanol–water partition coefficient (Wildman–Crippen LogP) is 15.5. The molecule has 1 aliphatic carbocycles. The van der Waals surface area contributed by atoms with E-state index in [9.17, 15) is 5.26 Å². The van der Waals surface area contributed by atoms with Crippen LogP contribution in [0.2, 0.25) is 0 Å². The van der Waals surface area contributed by atoms with Crippen LogP contribution in [0.4, 0.5) is 33.4 Å². The zero-order chi connectivity index (χ0) is 43.9. The highest BCUT2D eigenvalue weighted by molar-refractivity contribution is 7.18. The number of rotatable bonds is 13. The molecule has 8 rings (SSSR count). The Morgan fingerprint density at radius 2 is 1.16 bits per heavy atom. The molecule has 0 bridgehead atoms. The van der Waals surface area contributed by atoms with E-state index >= 15 is 0 Å². The smallest absolute Gasteiger partial charge is 0.208 e. The molecule has 0 unspecified atom stereocenters. The number of anilines is 5. The topological polar surface area (TPSA) is 33.3 Å². The standard InChI is InChI=1S/C58H55N4S/c1-41(2)39-60(53-28-18-16-20-43(53)5)48-34-30-46(31-35-48)55(47-32-36-49(37-33-47)61(40-42(3)4)54-29-19-17-21-44(54)6)57-56(45-22-10-7-11-23-45)52(38-59)58(63-57)62(50-24-12-8-13-25-50)51-26-14-9-15-27-51/h7-37,41-42H,39-40H2,1-6H3/q+1. The van der Waals surface area contributed by atoms with Gasteiger partial charge < -0.3 is 9.80 Å². The summed E-state index contributed by atoms with van der Waals surface area (Å²) in [5.41, 5.74) is 15.0. The number of aryl methyl sites for hydroxylation is 2. The van der Waals surface area contributed by atoms with Gasteiger partial charge in [-0.25, -0.2) is 0 Å². The average Bonchev–Trinajstić information content (AvgIpc) is 3.68. The average molecular weight is 840 g/mol. The zero-order valence-corrected chi connectivity index (χ0v) is 38.0. The molecule has 0 radical (unpaired) electrons. The molecule has 0 fully saturated rings. The first kappa shape index (κ1) is 42.7. The quantitative estimate of drug-likeness (QED) is 0.108. The molecule has 1 heterocycles. The van der Waals surface area contributed by atoms with Crippen molar-refractivity contribution in [2.24, 2.45) is 11.8 Å². The highest BCUT2D eigenvalue weighted by atomic mass is 32.1. The molecular weight excluding hydrogens is 785 g/mol. The van der Waals surface area contributed by atoms with Crippen molar-refractivity contribution in [1.82, 2.24) is 0 Å². The lowest BCUT2D eigenvalue weighted by molar-refractivity contribution is -0.447.